The number of aliphatic imine (C=N–C) groups is 1. The van der Waals surface area contributed by atoms with Gasteiger partial charge in [0.1, 0.15) is 0 Å². The van der Waals surface area contributed by atoms with E-state index in [0.29, 0.717) is 12.6 Å². The van der Waals surface area contributed by atoms with Crippen LogP contribution in [0.2, 0.25) is 0 Å². The topological polar surface area (TPSA) is 66.4 Å². The van der Waals surface area contributed by atoms with Crippen LogP contribution in [0.5, 0.6) is 0 Å². The quantitative estimate of drug-likeness (QED) is 0.492. The highest BCUT2D eigenvalue weighted by Crippen LogP contribution is 2.18. The van der Waals surface area contributed by atoms with Gasteiger partial charge in [0.05, 0.1) is 18.8 Å². The van der Waals surface area contributed by atoms with Crippen molar-refractivity contribution in [1.29, 1.82) is 0 Å². The number of likely N-dealkylation sites (tertiary alicyclic amines) is 1. The molecule has 2 fully saturated rings. The average Bonchev–Trinajstić information content (AvgIpc) is 2.85. The molecule has 1 aromatic carbocycles. The third-order valence-corrected chi connectivity index (χ3v) is 6.45. The number of hydrogen-bond acceptors (Lipinski definition) is 4. The van der Waals surface area contributed by atoms with E-state index in [-0.39, 0.29) is 12.0 Å². The predicted octanol–water partition coefficient (Wildman–Crippen LogP) is 3.29. The lowest BCUT2D eigenvalue weighted by Gasteiger charge is -2.35. The minimum atomic E-state index is 0.0884. The molecule has 32 heavy (non-hydrogen) atoms. The molecule has 3 rings (SSSR count). The van der Waals surface area contributed by atoms with Gasteiger partial charge in [-0.25, -0.2) is 0 Å². The highest BCUT2D eigenvalue weighted by Gasteiger charge is 2.23. The molecule has 2 aliphatic rings. The van der Waals surface area contributed by atoms with Gasteiger partial charge in [-0.1, -0.05) is 12.1 Å². The molecule has 0 bridgehead atoms. The molecular weight excluding hydrogens is 404 g/mol. The molecule has 1 N–H and O–H groups in total. The van der Waals surface area contributed by atoms with Gasteiger partial charge in [0.2, 0.25) is 0 Å². The van der Waals surface area contributed by atoms with E-state index in [9.17, 15) is 4.79 Å². The van der Waals surface area contributed by atoms with Gasteiger partial charge in [0.25, 0.3) is 5.91 Å². The highest BCUT2D eigenvalue weighted by molar-refractivity contribution is 5.94. The van der Waals surface area contributed by atoms with Crippen LogP contribution in [-0.4, -0.2) is 80.3 Å². The number of ether oxygens (including phenoxy) is 2. The van der Waals surface area contributed by atoms with Crippen LogP contribution in [0.1, 0.15) is 61.9 Å². The van der Waals surface area contributed by atoms with Crippen molar-refractivity contribution < 1.29 is 14.3 Å². The number of carbonyl (C=O) groups excluding carboxylic acids is 1. The van der Waals surface area contributed by atoms with Crippen molar-refractivity contribution in [2.24, 2.45) is 4.99 Å². The third kappa shape index (κ3) is 6.94. The fourth-order valence-corrected chi connectivity index (χ4v) is 4.39. The normalized spacial score (nSPS) is 20.3. The summed E-state index contributed by atoms with van der Waals surface area (Å²) in [5, 5.41) is 3.47. The van der Waals surface area contributed by atoms with Gasteiger partial charge >= 0.3 is 0 Å². The fourth-order valence-electron chi connectivity index (χ4n) is 4.39. The summed E-state index contributed by atoms with van der Waals surface area (Å²) in [5.41, 5.74) is 1.87. The predicted molar refractivity (Wildman–Crippen MR) is 128 cm³/mol. The van der Waals surface area contributed by atoms with Gasteiger partial charge < -0.3 is 24.6 Å². The first-order chi connectivity index (χ1) is 15.6. The molecule has 178 valence electrons. The first kappa shape index (κ1) is 24.5. The van der Waals surface area contributed by atoms with Gasteiger partial charge in [-0.05, 0) is 63.6 Å². The number of piperidine rings is 1. The molecule has 0 aromatic heterocycles. The van der Waals surface area contributed by atoms with E-state index in [4.69, 9.17) is 9.47 Å². The number of nitrogens with one attached hydrogen (secondary N) is 1. The van der Waals surface area contributed by atoms with Crippen LogP contribution in [0.15, 0.2) is 29.3 Å². The minimum Gasteiger partial charge on any atom is -0.376 e. The van der Waals surface area contributed by atoms with Gasteiger partial charge in [-0.3, -0.25) is 9.79 Å². The first-order valence-electron chi connectivity index (χ1n) is 12.2. The Hall–Kier alpha value is -2.12. The Balaban J connectivity index is 1.41. The van der Waals surface area contributed by atoms with Crippen molar-refractivity contribution in [3.8, 4) is 0 Å². The SMILES string of the molecule is CCN(CC)C(=O)c1ccc(CNC(=NC)N2CCC(OCC3CCCCO3)CC2)cc1. The molecule has 0 saturated carbocycles. The molecule has 0 aliphatic carbocycles. The van der Waals surface area contributed by atoms with Crippen LogP contribution in [0, 0.1) is 0 Å². The zero-order valence-corrected chi connectivity index (χ0v) is 20.0. The second-order valence-electron chi connectivity index (χ2n) is 8.58. The van der Waals surface area contributed by atoms with Crippen LogP contribution in [-0.2, 0) is 16.0 Å². The number of nitrogens with zero attached hydrogens (tertiary/aromatic N) is 3. The van der Waals surface area contributed by atoms with Crippen LogP contribution in [0.25, 0.3) is 0 Å². The third-order valence-electron chi connectivity index (χ3n) is 6.45. The number of guanidine groups is 1. The summed E-state index contributed by atoms with van der Waals surface area (Å²) < 4.78 is 11.9. The Morgan fingerprint density at radius 1 is 1.16 bits per heavy atom. The van der Waals surface area contributed by atoms with E-state index < -0.39 is 0 Å². The lowest BCUT2D eigenvalue weighted by Crippen LogP contribution is -2.47. The molecule has 2 saturated heterocycles. The van der Waals surface area contributed by atoms with Crippen molar-refractivity contribution >= 4 is 11.9 Å². The van der Waals surface area contributed by atoms with Crippen molar-refractivity contribution in [2.75, 3.05) is 46.4 Å². The van der Waals surface area contributed by atoms with Crippen molar-refractivity contribution in [2.45, 2.75) is 64.7 Å². The lowest BCUT2D eigenvalue weighted by atomic mass is 10.1. The van der Waals surface area contributed by atoms with E-state index in [2.05, 4.69) is 15.2 Å². The van der Waals surface area contributed by atoms with Crippen LogP contribution >= 0.6 is 0 Å². The van der Waals surface area contributed by atoms with E-state index >= 15 is 0 Å². The maximum absolute atomic E-state index is 12.5. The Morgan fingerprint density at radius 2 is 1.88 bits per heavy atom. The van der Waals surface area contributed by atoms with E-state index in [1.807, 2.05) is 50.1 Å². The molecule has 1 aromatic rings. The fraction of sp³-hybridized carbons (Fsp3) is 0.680. The van der Waals surface area contributed by atoms with E-state index in [1.165, 1.54) is 12.8 Å². The monoisotopic (exact) mass is 444 g/mol. The minimum absolute atomic E-state index is 0.0884. The highest BCUT2D eigenvalue weighted by atomic mass is 16.5. The number of hydrogen-bond donors (Lipinski definition) is 1. The van der Waals surface area contributed by atoms with Crippen LogP contribution < -0.4 is 5.32 Å². The zero-order valence-electron chi connectivity index (χ0n) is 20.0. The van der Waals surface area contributed by atoms with E-state index in [0.717, 1.165) is 75.7 Å². The molecule has 1 amide bonds. The van der Waals surface area contributed by atoms with Crippen LogP contribution in [0.3, 0.4) is 0 Å². The summed E-state index contributed by atoms with van der Waals surface area (Å²) in [6.07, 6.45) is 6.17. The Bertz CT molecular complexity index is 719. The molecule has 0 spiro atoms. The van der Waals surface area contributed by atoms with Crippen molar-refractivity contribution in [3.05, 3.63) is 35.4 Å². The summed E-state index contributed by atoms with van der Waals surface area (Å²) >= 11 is 0. The molecule has 7 nitrogen and oxygen atoms in total. The smallest absolute Gasteiger partial charge is 0.253 e. The largest absolute Gasteiger partial charge is 0.376 e. The lowest BCUT2D eigenvalue weighted by molar-refractivity contribution is -0.0721. The van der Waals surface area contributed by atoms with E-state index in [1.54, 1.807) is 0 Å². The summed E-state index contributed by atoms with van der Waals surface area (Å²) in [7, 11) is 1.83. The second-order valence-corrected chi connectivity index (χ2v) is 8.58. The molecule has 2 heterocycles. The Labute approximate surface area is 193 Å². The number of carbonyl (C=O) groups is 1. The summed E-state index contributed by atoms with van der Waals surface area (Å²) in [6.45, 7) is 9.63. The standard InChI is InChI=1S/C25H40N4O3/c1-4-28(5-2)24(30)21-11-9-20(10-12-21)18-27-25(26-3)29-15-13-22(14-16-29)32-19-23-8-6-7-17-31-23/h9-12,22-23H,4-8,13-19H2,1-3H3,(H,26,27). The summed E-state index contributed by atoms with van der Waals surface area (Å²) in [5.74, 6) is 1.01. The van der Waals surface area contributed by atoms with Crippen molar-refractivity contribution in [1.82, 2.24) is 15.1 Å². The average molecular weight is 445 g/mol. The Kier molecular flexibility index (Phi) is 9.81. The van der Waals surface area contributed by atoms with Crippen molar-refractivity contribution in [3.63, 3.8) is 0 Å². The number of amides is 1. The number of rotatable bonds is 8. The maximum Gasteiger partial charge on any atom is 0.253 e. The maximum atomic E-state index is 12.5. The van der Waals surface area contributed by atoms with Gasteiger partial charge in [0.15, 0.2) is 5.96 Å². The molecular formula is C25H40N4O3. The summed E-state index contributed by atoms with van der Waals surface area (Å²) in [6, 6.07) is 7.87. The molecule has 1 atom stereocenters. The first-order valence-corrected chi connectivity index (χ1v) is 12.2. The summed E-state index contributed by atoms with van der Waals surface area (Å²) in [4.78, 5) is 21.1. The zero-order chi connectivity index (χ0) is 22.8. The molecule has 1 unspecified atom stereocenters. The van der Waals surface area contributed by atoms with Crippen LogP contribution in [0.4, 0.5) is 0 Å². The second kappa shape index (κ2) is 12.8. The number of benzene rings is 1. The molecule has 2 aliphatic heterocycles. The molecule has 7 heteroatoms. The van der Waals surface area contributed by atoms with Gasteiger partial charge in [-0.15, -0.1) is 0 Å². The molecule has 0 radical (unpaired) electrons. The van der Waals surface area contributed by atoms with Gasteiger partial charge in [0, 0.05) is 51.9 Å². The Morgan fingerprint density at radius 3 is 2.47 bits per heavy atom. The van der Waals surface area contributed by atoms with Gasteiger partial charge in [-0.2, -0.15) is 0 Å².